The van der Waals surface area contributed by atoms with E-state index in [1.54, 1.807) is 4.31 Å². The Morgan fingerprint density at radius 2 is 2.06 bits per heavy atom. The smallest absolute Gasteiger partial charge is 0.303 e. The first kappa shape index (κ1) is 15.4. The van der Waals surface area contributed by atoms with E-state index in [1.807, 2.05) is 6.92 Å². The Morgan fingerprint density at radius 1 is 1.33 bits per heavy atom. The number of carboxylic acid groups (broad SMARTS) is 1. The minimum absolute atomic E-state index is 0.172. The summed E-state index contributed by atoms with van der Waals surface area (Å²) in [4.78, 5) is 10.5. The molecule has 1 fully saturated rings. The van der Waals surface area contributed by atoms with E-state index in [9.17, 15) is 13.2 Å². The molecule has 1 aliphatic rings. The molecule has 0 aromatic rings. The van der Waals surface area contributed by atoms with Crippen molar-refractivity contribution in [2.45, 2.75) is 45.4 Å². The molecule has 1 unspecified atom stereocenters. The third-order valence-corrected chi connectivity index (χ3v) is 5.54. The Hall–Kier alpha value is -0.620. The van der Waals surface area contributed by atoms with Crippen LogP contribution in [0.3, 0.4) is 0 Å². The maximum Gasteiger partial charge on any atom is 0.303 e. The fraction of sp³-hybridized carbons (Fsp3) is 0.917. The van der Waals surface area contributed by atoms with Crippen LogP contribution in [0.4, 0.5) is 0 Å². The number of rotatable bonds is 7. The summed E-state index contributed by atoms with van der Waals surface area (Å²) in [6.07, 6.45) is 4.18. The number of sulfonamides is 1. The third kappa shape index (κ3) is 4.94. The molecule has 0 aromatic carbocycles. The van der Waals surface area contributed by atoms with Gasteiger partial charge in [-0.15, -0.1) is 0 Å². The SMILES string of the molecule is CCC(CCC(=O)O)CCN1CCCCS1(=O)=O. The topological polar surface area (TPSA) is 74.7 Å². The van der Waals surface area contributed by atoms with Crippen LogP contribution in [0, 0.1) is 5.92 Å². The van der Waals surface area contributed by atoms with E-state index in [4.69, 9.17) is 5.11 Å². The second-order valence-corrected chi connectivity index (χ2v) is 7.01. The van der Waals surface area contributed by atoms with E-state index in [-0.39, 0.29) is 12.2 Å². The fourth-order valence-electron chi connectivity index (χ4n) is 2.30. The summed E-state index contributed by atoms with van der Waals surface area (Å²) in [7, 11) is -3.04. The zero-order valence-corrected chi connectivity index (χ0v) is 11.8. The number of aliphatic carboxylic acids is 1. The molecular formula is C12H23NO4S. The van der Waals surface area contributed by atoms with Crippen LogP contribution in [-0.4, -0.2) is 42.6 Å². The monoisotopic (exact) mass is 277 g/mol. The lowest BCUT2D eigenvalue weighted by Crippen LogP contribution is -2.39. The van der Waals surface area contributed by atoms with Crippen molar-refractivity contribution in [2.75, 3.05) is 18.8 Å². The highest BCUT2D eigenvalue weighted by Crippen LogP contribution is 2.19. The van der Waals surface area contributed by atoms with Gasteiger partial charge in [0.05, 0.1) is 5.75 Å². The number of nitrogens with zero attached hydrogens (tertiary/aromatic N) is 1. The van der Waals surface area contributed by atoms with Gasteiger partial charge in [0.2, 0.25) is 10.0 Å². The average molecular weight is 277 g/mol. The first-order chi connectivity index (χ1) is 8.45. The Kier molecular flexibility index (Phi) is 6.08. The molecule has 0 radical (unpaired) electrons. The van der Waals surface area contributed by atoms with Crippen molar-refractivity contribution in [1.82, 2.24) is 4.31 Å². The molecule has 5 nitrogen and oxygen atoms in total. The predicted molar refractivity (Wildman–Crippen MR) is 69.9 cm³/mol. The number of carboxylic acids is 1. The molecule has 1 atom stereocenters. The van der Waals surface area contributed by atoms with Crippen LogP contribution in [0.1, 0.15) is 45.4 Å². The van der Waals surface area contributed by atoms with Crippen LogP contribution in [0.2, 0.25) is 0 Å². The van der Waals surface area contributed by atoms with Gasteiger partial charge in [-0.25, -0.2) is 12.7 Å². The van der Waals surface area contributed by atoms with Gasteiger partial charge in [-0.2, -0.15) is 0 Å². The summed E-state index contributed by atoms with van der Waals surface area (Å²) >= 11 is 0. The summed E-state index contributed by atoms with van der Waals surface area (Å²) in [6, 6.07) is 0. The highest BCUT2D eigenvalue weighted by atomic mass is 32.2. The molecule has 6 heteroatoms. The lowest BCUT2D eigenvalue weighted by Gasteiger charge is -2.27. The van der Waals surface area contributed by atoms with E-state index >= 15 is 0 Å². The molecule has 1 N–H and O–H groups in total. The lowest BCUT2D eigenvalue weighted by molar-refractivity contribution is -0.137. The minimum Gasteiger partial charge on any atom is -0.481 e. The quantitative estimate of drug-likeness (QED) is 0.768. The van der Waals surface area contributed by atoms with E-state index in [2.05, 4.69) is 0 Å². The lowest BCUT2D eigenvalue weighted by atomic mass is 9.96. The van der Waals surface area contributed by atoms with Crippen LogP contribution in [0.5, 0.6) is 0 Å². The summed E-state index contributed by atoms with van der Waals surface area (Å²) in [5.74, 6) is -0.212. The molecule has 0 spiro atoms. The highest BCUT2D eigenvalue weighted by Gasteiger charge is 2.25. The maximum atomic E-state index is 11.8. The van der Waals surface area contributed by atoms with Crippen LogP contribution >= 0.6 is 0 Å². The normalized spacial score (nSPS) is 21.6. The summed E-state index contributed by atoms with van der Waals surface area (Å²) in [6.45, 7) is 3.19. The molecule has 1 aliphatic heterocycles. The number of hydrogen-bond donors (Lipinski definition) is 1. The van der Waals surface area contributed by atoms with Crippen molar-refractivity contribution in [3.8, 4) is 0 Å². The number of hydrogen-bond acceptors (Lipinski definition) is 3. The molecule has 1 saturated heterocycles. The Bertz CT molecular complexity index is 366. The van der Waals surface area contributed by atoms with Gasteiger partial charge in [0.1, 0.15) is 0 Å². The number of carbonyl (C=O) groups is 1. The van der Waals surface area contributed by atoms with Gasteiger partial charge in [-0.1, -0.05) is 13.3 Å². The van der Waals surface area contributed by atoms with Gasteiger partial charge >= 0.3 is 5.97 Å². The first-order valence-corrected chi connectivity index (χ1v) is 8.26. The van der Waals surface area contributed by atoms with Crippen molar-refractivity contribution in [2.24, 2.45) is 5.92 Å². The van der Waals surface area contributed by atoms with E-state index in [1.165, 1.54) is 0 Å². The molecule has 1 heterocycles. The Morgan fingerprint density at radius 3 is 2.61 bits per heavy atom. The molecule has 0 aromatic heterocycles. The van der Waals surface area contributed by atoms with Crippen LogP contribution in [0.25, 0.3) is 0 Å². The van der Waals surface area contributed by atoms with Crippen LogP contribution in [-0.2, 0) is 14.8 Å². The van der Waals surface area contributed by atoms with Crippen LogP contribution in [0.15, 0.2) is 0 Å². The van der Waals surface area contributed by atoms with Gasteiger partial charge < -0.3 is 5.11 Å². The predicted octanol–water partition coefficient (Wildman–Crippen LogP) is 1.69. The highest BCUT2D eigenvalue weighted by molar-refractivity contribution is 7.89. The van der Waals surface area contributed by atoms with Crippen molar-refractivity contribution >= 4 is 16.0 Å². The summed E-state index contributed by atoms with van der Waals surface area (Å²) in [5, 5.41) is 8.65. The zero-order chi connectivity index (χ0) is 13.6. The first-order valence-electron chi connectivity index (χ1n) is 6.65. The Balaban J connectivity index is 2.39. The van der Waals surface area contributed by atoms with Gasteiger partial charge in [0.25, 0.3) is 0 Å². The second kappa shape index (κ2) is 7.09. The van der Waals surface area contributed by atoms with E-state index < -0.39 is 16.0 Å². The van der Waals surface area contributed by atoms with Gasteiger partial charge in [-0.3, -0.25) is 4.79 Å². The maximum absolute atomic E-state index is 11.8. The zero-order valence-electron chi connectivity index (χ0n) is 11.0. The molecule has 1 rings (SSSR count). The summed E-state index contributed by atoms with van der Waals surface area (Å²) in [5.41, 5.74) is 0. The van der Waals surface area contributed by atoms with Gasteiger partial charge in [0.15, 0.2) is 0 Å². The van der Waals surface area contributed by atoms with Gasteiger partial charge in [0, 0.05) is 19.5 Å². The standard InChI is InChI=1S/C12H23NO4S/c1-2-11(5-6-12(14)15)7-9-13-8-3-4-10-18(13,16)17/h11H,2-10H2,1H3,(H,14,15). The van der Waals surface area contributed by atoms with E-state index in [0.717, 1.165) is 25.7 Å². The van der Waals surface area contributed by atoms with E-state index in [0.29, 0.717) is 25.4 Å². The molecule has 0 saturated carbocycles. The average Bonchev–Trinajstić information content (AvgIpc) is 2.30. The Labute approximate surface area is 109 Å². The fourth-order valence-corrected chi connectivity index (χ4v) is 3.92. The van der Waals surface area contributed by atoms with Crippen molar-refractivity contribution in [3.63, 3.8) is 0 Å². The van der Waals surface area contributed by atoms with Crippen molar-refractivity contribution in [3.05, 3.63) is 0 Å². The minimum atomic E-state index is -3.04. The molecule has 0 aliphatic carbocycles. The molecule has 0 bridgehead atoms. The molecular weight excluding hydrogens is 254 g/mol. The van der Waals surface area contributed by atoms with Crippen molar-refractivity contribution < 1.29 is 18.3 Å². The third-order valence-electron chi connectivity index (χ3n) is 3.58. The summed E-state index contributed by atoms with van der Waals surface area (Å²) < 4.78 is 25.1. The van der Waals surface area contributed by atoms with Crippen molar-refractivity contribution in [1.29, 1.82) is 0 Å². The molecule has 18 heavy (non-hydrogen) atoms. The largest absolute Gasteiger partial charge is 0.481 e. The van der Waals surface area contributed by atoms with Crippen LogP contribution < -0.4 is 0 Å². The molecule has 106 valence electrons. The molecule has 0 amide bonds. The second-order valence-electron chi connectivity index (χ2n) is 4.92. The van der Waals surface area contributed by atoms with Gasteiger partial charge in [-0.05, 0) is 31.6 Å².